The number of phosphoric ester groups is 1. The minimum absolute atomic E-state index is 0.0263. The van der Waals surface area contributed by atoms with Gasteiger partial charge in [-0.05, 0) is 102 Å². The standard InChI is InChI=1S/C77H143N2O7P/c1-7-10-13-16-19-22-25-28-30-32-34-36-37-38-39-40-41-43-44-46-48-51-54-57-60-63-66-69-76(80)78-74(73-85-87(82,83)84-72-71-79(4,5)6)75(68-65-62-59-56-53-50-27-24-21-18-15-12-9-3)86-77(81)70-67-64-61-58-55-52-49-47-45-42-35-33-31-29-26-23-20-17-14-11-8-2/h20,23,28-31,35,42,47,49,65,68,74-75H,7-19,21-22,24-27,32-34,36-41,43-46,48,50-64,66-67,69-73H2,1-6H3,(H-,78,80,82,83)/b23-20-,30-28+,31-29-,42-35-,49-47-,68-65-. The predicted octanol–water partition coefficient (Wildman–Crippen LogP) is 23.3. The number of quaternary nitrogens is 1. The van der Waals surface area contributed by atoms with Crippen LogP contribution in [0.2, 0.25) is 0 Å². The van der Waals surface area contributed by atoms with Crippen molar-refractivity contribution in [3.63, 3.8) is 0 Å². The highest BCUT2D eigenvalue weighted by atomic mass is 31.2. The summed E-state index contributed by atoms with van der Waals surface area (Å²) in [6, 6.07) is -0.899. The molecule has 3 atom stereocenters. The number of hydrogen-bond donors (Lipinski definition) is 1. The van der Waals surface area contributed by atoms with Gasteiger partial charge in [-0.3, -0.25) is 14.2 Å². The lowest BCUT2D eigenvalue weighted by Crippen LogP contribution is -2.47. The lowest BCUT2D eigenvalue weighted by molar-refractivity contribution is -0.870. The molecule has 0 aromatic rings. The fourth-order valence-electron chi connectivity index (χ4n) is 10.9. The third kappa shape index (κ3) is 67.7. The number of carbonyl (C=O) groups excluding carboxylic acids is 2. The minimum atomic E-state index is -4.71. The second-order valence-corrected chi connectivity index (χ2v) is 27.9. The van der Waals surface area contributed by atoms with Crippen molar-refractivity contribution in [2.75, 3.05) is 40.9 Å². The molecular formula is C77H143N2O7P. The van der Waals surface area contributed by atoms with E-state index in [0.29, 0.717) is 23.9 Å². The lowest BCUT2D eigenvalue weighted by atomic mass is 10.0. The number of allylic oxidation sites excluding steroid dienone is 11. The van der Waals surface area contributed by atoms with E-state index < -0.39 is 26.6 Å². The molecule has 0 spiro atoms. The molecule has 87 heavy (non-hydrogen) atoms. The maximum Gasteiger partial charge on any atom is 0.306 e. The average molecular weight is 1240 g/mol. The molecule has 0 heterocycles. The maximum absolute atomic E-state index is 13.6. The number of carbonyl (C=O) groups is 2. The molecule has 9 nitrogen and oxygen atoms in total. The molecule has 0 aromatic heterocycles. The van der Waals surface area contributed by atoms with Gasteiger partial charge in [-0.1, -0.05) is 312 Å². The van der Waals surface area contributed by atoms with Crippen molar-refractivity contribution in [2.24, 2.45) is 0 Å². The fourth-order valence-corrected chi connectivity index (χ4v) is 11.6. The van der Waals surface area contributed by atoms with Crippen LogP contribution in [0, 0.1) is 0 Å². The molecule has 0 aliphatic rings. The number of hydrogen-bond acceptors (Lipinski definition) is 7. The Bertz CT molecular complexity index is 1720. The molecule has 1 amide bonds. The van der Waals surface area contributed by atoms with Crippen LogP contribution in [0.25, 0.3) is 0 Å². The Morgan fingerprint density at radius 3 is 1.08 bits per heavy atom. The van der Waals surface area contributed by atoms with Gasteiger partial charge in [-0.25, -0.2) is 0 Å². The van der Waals surface area contributed by atoms with Gasteiger partial charge >= 0.3 is 5.97 Å². The van der Waals surface area contributed by atoms with Crippen LogP contribution < -0.4 is 10.2 Å². The molecule has 10 heteroatoms. The van der Waals surface area contributed by atoms with Crippen LogP contribution in [0.1, 0.15) is 355 Å². The summed E-state index contributed by atoms with van der Waals surface area (Å²) in [6.07, 6.45) is 87.5. The summed E-state index contributed by atoms with van der Waals surface area (Å²) < 4.78 is 30.5. The van der Waals surface area contributed by atoms with E-state index in [1.807, 2.05) is 33.3 Å². The third-order valence-corrected chi connectivity index (χ3v) is 17.6. The molecule has 0 fully saturated rings. The smallest absolute Gasteiger partial charge is 0.306 e. The summed E-state index contributed by atoms with van der Waals surface area (Å²) in [6.45, 7) is 6.84. The summed E-state index contributed by atoms with van der Waals surface area (Å²) in [5.41, 5.74) is 0. The van der Waals surface area contributed by atoms with Crippen LogP contribution in [0.5, 0.6) is 0 Å². The molecule has 0 aliphatic carbocycles. The molecule has 0 saturated heterocycles. The molecule has 508 valence electrons. The Labute approximate surface area is 540 Å². The zero-order valence-electron chi connectivity index (χ0n) is 58.2. The number of esters is 1. The van der Waals surface area contributed by atoms with Crippen molar-refractivity contribution in [1.82, 2.24) is 5.32 Å². The van der Waals surface area contributed by atoms with Gasteiger partial charge in [0.25, 0.3) is 7.82 Å². The topological polar surface area (TPSA) is 114 Å². The maximum atomic E-state index is 13.6. The molecule has 0 aromatic carbocycles. The Hall–Kier alpha value is -2.55. The van der Waals surface area contributed by atoms with Crippen LogP contribution in [0.4, 0.5) is 0 Å². The van der Waals surface area contributed by atoms with Gasteiger partial charge in [0.2, 0.25) is 5.91 Å². The van der Waals surface area contributed by atoms with Crippen molar-refractivity contribution in [1.29, 1.82) is 0 Å². The van der Waals surface area contributed by atoms with Crippen LogP contribution in [0.15, 0.2) is 72.9 Å². The predicted molar refractivity (Wildman–Crippen MR) is 376 cm³/mol. The number of rotatable bonds is 68. The molecule has 1 N–H and O–H groups in total. The van der Waals surface area contributed by atoms with Crippen molar-refractivity contribution in [3.05, 3.63) is 72.9 Å². The number of likely N-dealkylation sites (N-methyl/N-ethyl adjacent to an activating group) is 1. The fraction of sp³-hybridized carbons (Fsp3) is 0.818. The lowest BCUT2D eigenvalue weighted by Gasteiger charge is -2.30. The van der Waals surface area contributed by atoms with Crippen molar-refractivity contribution >= 4 is 19.7 Å². The van der Waals surface area contributed by atoms with Crippen LogP contribution in [-0.4, -0.2) is 69.4 Å². The monoisotopic (exact) mass is 1240 g/mol. The number of nitrogens with zero attached hydrogens (tertiary/aromatic N) is 1. The van der Waals surface area contributed by atoms with E-state index in [1.165, 1.54) is 225 Å². The quantitative estimate of drug-likeness (QED) is 0.0212. The van der Waals surface area contributed by atoms with Crippen LogP contribution >= 0.6 is 7.82 Å². The van der Waals surface area contributed by atoms with Gasteiger partial charge in [0.1, 0.15) is 19.3 Å². The minimum Gasteiger partial charge on any atom is -0.756 e. The number of unbranched alkanes of at least 4 members (excludes halogenated alkanes) is 42. The highest BCUT2D eigenvalue weighted by Gasteiger charge is 2.27. The first-order valence-corrected chi connectivity index (χ1v) is 38.7. The van der Waals surface area contributed by atoms with Crippen molar-refractivity contribution in [3.8, 4) is 0 Å². The molecule has 0 bridgehead atoms. The number of nitrogens with one attached hydrogen (secondary N) is 1. The normalized spacial score (nSPS) is 13.9. The van der Waals surface area contributed by atoms with E-state index in [4.69, 9.17) is 13.8 Å². The summed E-state index contributed by atoms with van der Waals surface area (Å²) in [5, 5.41) is 3.05. The summed E-state index contributed by atoms with van der Waals surface area (Å²) in [7, 11) is 1.18. The Morgan fingerprint density at radius 1 is 0.402 bits per heavy atom. The number of ether oxygens (including phenoxy) is 1. The number of amides is 1. The second kappa shape index (κ2) is 66.4. The first kappa shape index (κ1) is 84.5. The van der Waals surface area contributed by atoms with Gasteiger partial charge in [-0.2, -0.15) is 0 Å². The molecular weight excluding hydrogens is 1100 g/mol. The zero-order valence-corrected chi connectivity index (χ0v) is 59.1. The Balaban J connectivity index is 5.05. The largest absolute Gasteiger partial charge is 0.756 e. The highest BCUT2D eigenvalue weighted by molar-refractivity contribution is 7.45. The molecule has 3 unspecified atom stereocenters. The molecule has 0 radical (unpaired) electrons. The van der Waals surface area contributed by atoms with Crippen LogP contribution in [0.3, 0.4) is 0 Å². The van der Waals surface area contributed by atoms with E-state index in [-0.39, 0.29) is 24.9 Å². The van der Waals surface area contributed by atoms with Crippen molar-refractivity contribution in [2.45, 2.75) is 367 Å². The molecule has 0 rings (SSSR count). The van der Waals surface area contributed by atoms with Gasteiger partial charge in [0, 0.05) is 12.8 Å². The summed E-state index contributed by atoms with van der Waals surface area (Å²) in [5.74, 6) is -0.549. The Morgan fingerprint density at radius 2 is 0.701 bits per heavy atom. The zero-order chi connectivity index (χ0) is 63.5. The Kier molecular flexibility index (Phi) is 64.4. The highest BCUT2D eigenvalue weighted by Crippen LogP contribution is 2.38. The van der Waals surface area contributed by atoms with Crippen molar-refractivity contribution < 1.29 is 37.3 Å². The van der Waals surface area contributed by atoms with E-state index in [1.54, 1.807) is 0 Å². The van der Waals surface area contributed by atoms with E-state index >= 15 is 0 Å². The first-order chi connectivity index (χ1) is 42.4. The average Bonchev–Trinajstić information content (AvgIpc) is 3.70. The SMILES string of the molecule is CCCCC/C=C\C/C=C\C/C=C\C/C=C\CCCCCCCC(=O)OC(/C=C\CCCCCCCCCCCCC)C(COP(=O)([O-])OCC[N+](C)(C)C)NC(=O)CCCCCCCCCCCCCCCCCCC/C=C/CCCCCCCC. The van der Waals surface area contributed by atoms with Gasteiger partial charge in [0.15, 0.2) is 0 Å². The number of phosphoric acid groups is 1. The van der Waals surface area contributed by atoms with Gasteiger partial charge in [0.05, 0.1) is 33.8 Å². The third-order valence-electron chi connectivity index (χ3n) is 16.6. The van der Waals surface area contributed by atoms with E-state index in [9.17, 15) is 19.0 Å². The summed E-state index contributed by atoms with van der Waals surface area (Å²) >= 11 is 0. The first-order valence-electron chi connectivity index (χ1n) is 37.2. The van der Waals surface area contributed by atoms with Crippen LogP contribution in [-0.2, 0) is 27.9 Å². The second-order valence-electron chi connectivity index (χ2n) is 26.4. The summed E-state index contributed by atoms with van der Waals surface area (Å²) in [4.78, 5) is 40.2. The van der Waals surface area contributed by atoms with E-state index in [0.717, 1.165) is 89.9 Å². The van der Waals surface area contributed by atoms with Gasteiger partial charge < -0.3 is 28.5 Å². The van der Waals surface area contributed by atoms with Gasteiger partial charge in [-0.15, -0.1) is 0 Å². The molecule has 0 aliphatic heterocycles. The molecule has 0 saturated carbocycles. The van der Waals surface area contributed by atoms with E-state index in [2.05, 4.69) is 86.8 Å².